The molecule has 210 valence electrons. The van der Waals surface area contributed by atoms with Crippen LogP contribution in [-0.2, 0) is 14.9 Å². The van der Waals surface area contributed by atoms with Gasteiger partial charge in [0.1, 0.15) is 6.10 Å². The number of benzene rings is 3. The summed E-state index contributed by atoms with van der Waals surface area (Å²) < 4.78 is 12.5. The van der Waals surface area contributed by atoms with Crippen LogP contribution < -0.4 is 5.32 Å². The molecule has 6 nitrogen and oxygen atoms in total. The first-order chi connectivity index (χ1) is 20.3. The molecule has 2 N–H and O–H groups in total. The summed E-state index contributed by atoms with van der Waals surface area (Å²) in [6.45, 7) is 3.74. The van der Waals surface area contributed by atoms with Crippen LogP contribution in [0.25, 0.3) is 40.4 Å². The van der Waals surface area contributed by atoms with E-state index in [1.54, 1.807) is 22.7 Å². The molecule has 1 aliphatic carbocycles. The lowest BCUT2D eigenvalue weighted by Gasteiger charge is -2.15. The number of carbonyl (C=O) groups is 2. The van der Waals surface area contributed by atoms with Crippen LogP contribution in [-0.4, -0.2) is 21.5 Å². The van der Waals surface area contributed by atoms with Gasteiger partial charge in [-0.3, -0.25) is 10.1 Å². The molecule has 6 aromatic rings. The first kappa shape index (κ1) is 26.8. The van der Waals surface area contributed by atoms with Gasteiger partial charge >= 0.3 is 12.1 Å². The van der Waals surface area contributed by atoms with E-state index < -0.39 is 17.5 Å². The van der Waals surface area contributed by atoms with Gasteiger partial charge in [-0.2, -0.15) is 4.37 Å². The fourth-order valence-corrected chi connectivity index (χ4v) is 8.88. The number of thiophene rings is 2. The number of hydrogen-bond donors (Lipinski definition) is 2. The second-order valence-corrected chi connectivity index (χ2v) is 13.5. The molecule has 1 aliphatic rings. The molecule has 0 aliphatic heterocycles. The summed E-state index contributed by atoms with van der Waals surface area (Å²) in [6, 6.07) is 26.2. The van der Waals surface area contributed by atoms with Crippen LogP contribution in [0.2, 0.25) is 0 Å². The van der Waals surface area contributed by atoms with Crippen molar-refractivity contribution in [1.82, 2.24) is 4.37 Å². The molecule has 1 amide bonds. The van der Waals surface area contributed by atoms with Crippen molar-refractivity contribution in [2.45, 2.75) is 38.2 Å². The van der Waals surface area contributed by atoms with Gasteiger partial charge in [-0.25, -0.2) is 4.79 Å². The van der Waals surface area contributed by atoms with E-state index in [1.165, 1.54) is 11.5 Å². The van der Waals surface area contributed by atoms with Crippen LogP contribution in [0.5, 0.6) is 0 Å². The zero-order valence-electron chi connectivity index (χ0n) is 22.8. The number of carboxylic acid groups (broad SMARTS) is 1. The van der Waals surface area contributed by atoms with E-state index in [0.717, 1.165) is 57.2 Å². The van der Waals surface area contributed by atoms with Crippen LogP contribution in [0, 0.1) is 6.92 Å². The lowest BCUT2D eigenvalue weighted by Crippen LogP contribution is -2.19. The van der Waals surface area contributed by atoms with Crippen molar-refractivity contribution in [3.05, 3.63) is 95.7 Å². The quantitative estimate of drug-likeness (QED) is 0.188. The molecule has 1 fully saturated rings. The summed E-state index contributed by atoms with van der Waals surface area (Å²) >= 11 is 4.75. The van der Waals surface area contributed by atoms with E-state index in [2.05, 4.69) is 34.0 Å². The Balaban J connectivity index is 1.17. The van der Waals surface area contributed by atoms with Crippen LogP contribution >= 0.6 is 34.2 Å². The number of nitrogens with zero attached hydrogens (tertiary/aromatic N) is 1. The predicted molar refractivity (Wildman–Crippen MR) is 172 cm³/mol. The first-order valence-corrected chi connectivity index (χ1v) is 16.0. The van der Waals surface area contributed by atoms with Gasteiger partial charge in [0.15, 0.2) is 0 Å². The molecular weight excluding hydrogens is 585 g/mol. The molecule has 0 radical (unpaired) electrons. The number of anilines is 1. The Labute approximate surface area is 254 Å². The number of hydrogen-bond acceptors (Lipinski definition) is 7. The SMILES string of the molecule is Cc1nsc(-c2cc3sc(-c4ccc(C5(C(=O)O)CC5)c5ccccc45)cc3s2)c1NC(=O)OC(C)c1ccccc1. The minimum atomic E-state index is -0.756. The average Bonchev–Trinajstić information content (AvgIpc) is 3.40. The van der Waals surface area contributed by atoms with Crippen molar-refractivity contribution >= 4 is 72.1 Å². The summed E-state index contributed by atoms with van der Waals surface area (Å²) in [5.74, 6) is -0.740. The maximum absolute atomic E-state index is 12.8. The van der Waals surface area contributed by atoms with Crippen molar-refractivity contribution in [1.29, 1.82) is 0 Å². The number of aromatic nitrogens is 1. The summed E-state index contributed by atoms with van der Waals surface area (Å²) in [7, 11) is 0. The third kappa shape index (κ3) is 4.58. The maximum atomic E-state index is 12.8. The molecule has 3 aromatic heterocycles. The monoisotopic (exact) mass is 610 g/mol. The zero-order valence-corrected chi connectivity index (χ0v) is 25.3. The number of fused-ring (bicyclic) bond motifs is 2. The highest BCUT2D eigenvalue weighted by atomic mass is 32.1. The Kier molecular flexibility index (Phi) is 6.61. The minimum Gasteiger partial charge on any atom is -0.481 e. The highest BCUT2D eigenvalue weighted by Crippen LogP contribution is 2.52. The second-order valence-electron chi connectivity index (χ2n) is 10.6. The van der Waals surface area contributed by atoms with E-state index >= 15 is 0 Å². The van der Waals surface area contributed by atoms with Crippen LogP contribution in [0.15, 0.2) is 78.9 Å². The molecular formula is C33H26N2O4S3. The highest BCUT2D eigenvalue weighted by molar-refractivity contribution is 7.32. The molecule has 42 heavy (non-hydrogen) atoms. The number of aliphatic carboxylic acids is 1. The fraction of sp³-hybridized carbons (Fsp3) is 0.182. The minimum absolute atomic E-state index is 0.379. The van der Waals surface area contributed by atoms with Gasteiger partial charge in [-0.05, 0) is 77.8 Å². The Hall–Kier alpha value is -4.05. The molecule has 1 saturated carbocycles. The average molecular weight is 611 g/mol. The summed E-state index contributed by atoms with van der Waals surface area (Å²) in [6.07, 6.45) is 0.473. The normalized spacial score (nSPS) is 14.6. The maximum Gasteiger partial charge on any atom is 0.412 e. The number of nitrogens with one attached hydrogen (secondary N) is 1. The van der Waals surface area contributed by atoms with Crippen molar-refractivity contribution in [2.24, 2.45) is 0 Å². The number of rotatable bonds is 7. The van der Waals surface area contributed by atoms with Crippen molar-refractivity contribution in [3.63, 3.8) is 0 Å². The number of ether oxygens (including phenoxy) is 1. The van der Waals surface area contributed by atoms with Crippen molar-refractivity contribution < 1.29 is 19.4 Å². The molecule has 3 aromatic carbocycles. The van der Waals surface area contributed by atoms with Gasteiger partial charge in [0, 0.05) is 14.3 Å². The summed E-state index contributed by atoms with van der Waals surface area (Å²) in [5.41, 5.74) is 3.61. The number of carboxylic acids is 1. The van der Waals surface area contributed by atoms with E-state index in [1.807, 2.05) is 68.4 Å². The standard InChI is InChI=1S/C33H26N2O4S3/c1-18-29(34-32(38)39-19(2)20-8-4-3-5-9-20)30(42-35-18)28-17-27-26(41-28)16-25(40-27)23-12-13-24(33(14-15-33)31(36)37)22-11-7-6-10-21(22)23/h3-13,16-17,19H,14-15H2,1-2H3,(H,34,38)(H,36,37). The molecule has 7 rings (SSSR count). The van der Waals surface area contributed by atoms with Crippen molar-refractivity contribution in [3.8, 4) is 20.2 Å². The predicted octanol–water partition coefficient (Wildman–Crippen LogP) is 9.64. The van der Waals surface area contributed by atoms with Gasteiger partial charge in [0.2, 0.25) is 0 Å². The van der Waals surface area contributed by atoms with Crippen LogP contribution in [0.4, 0.5) is 10.5 Å². The Morgan fingerprint density at radius 2 is 1.60 bits per heavy atom. The summed E-state index contributed by atoms with van der Waals surface area (Å²) in [4.78, 5) is 28.0. The van der Waals surface area contributed by atoms with Gasteiger partial charge in [0.25, 0.3) is 0 Å². The van der Waals surface area contributed by atoms with Crippen LogP contribution in [0.3, 0.4) is 0 Å². The van der Waals surface area contributed by atoms with Crippen molar-refractivity contribution in [2.75, 3.05) is 5.32 Å². The lowest BCUT2D eigenvalue weighted by molar-refractivity contribution is -0.140. The number of carbonyl (C=O) groups excluding carboxylic acids is 1. The smallest absolute Gasteiger partial charge is 0.412 e. The molecule has 0 saturated heterocycles. The van der Waals surface area contributed by atoms with E-state index in [4.69, 9.17) is 4.74 Å². The van der Waals surface area contributed by atoms with Gasteiger partial charge in [-0.15, -0.1) is 22.7 Å². The second kappa shape index (κ2) is 10.3. The summed E-state index contributed by atoms with van der Waals surface area (Å²) in [5, 5.41) is 14.9. The van der Waals surface area contributed by atoms with Gasteiger partial charge in [-0.1, -0.05) is 66.7 Å². The molecule has 1 unspecified atom stereocenters. The first-order valence-electron chi connectivity index (χ1n) is 13.6. The molecule has 3 heterocycles. The molecule has 1 atom stereocenters. The largest absolute Gasteiger partial charge is 0.481 e. The Morgan fingerprint density at radius 1 is 0.929 bits per heavy atom. The highest BCUT2D eigenvalue weighted by Gasteiger charge is 2.52. The van der Waals surface area contributed by atoms with Gasteiger partial charge < -0.3 is 9.84 Å². The third-order valence-electron chi connectivity index (χ3n) is 7.94. The third-order valence-corrected chi connectivity index (χ3v) is 11.4. The van der Waals surface area contributed by atoms with Gasteiger partial charge in [0.05, 0.1) is 26.6 Å². The number of aryl methyl sites for hydroxylation is 1. The Morgan fingerprint density at radius 3 is 2.31 bits per heavy atom. The molecule has 0 spiro atoms. The molecule has 9 heteroatoms. The van der Waals surface area contributed by atoms with E-state index in [9.17, 15) is 14.7 Å². The fourth-order valence-electron chi connectivity index (χ4n) is 5.50. The Bertz CT molecular complexity index is 1950. The van der Waals surface area contributed by atoms with Crippen LogP contribution in [0.1, 0.15) is 42.7 Å². The topological polar surface area (TPSA) is 88.5 Å². The lowest BCUT2D eigenvalue weighted by atomic mass is 9.88. The van der Waals surface area contributed by atoms with E-state index in [0.29, 0.717) is 18.5 Å². The molecule has 0 bridgehead atoms. The zero-order chi connectivity index (χ0) is 29.0. The van der Waals surface area contributed by atoms with E-state index in [-0.39, 0.29) is 6.10 Å². The number of amides is 1.